The molecule has 1 aromatic rings. The van der Waals surface area contributed by atoms with Gasteiger partial charge in [0.05, 0.1) is 6.61 Å². The summed E-state index contributed by atoms with van der Waals surface area (Å²) in [5.41, 5.74) is 0.253. The van der Waals surface area contributed by atoms with Crippen molar-refractivity contribution in [1.82, 2.24) is 4.98 Å². The standard InChI is InChI=1S/C6H7NO3/c1-2-9-6-7-5(3-8)4-10-6/h3-4H,2H2,1H3. The summed E-state index contributed by atoms with van der Waals surface area (Å²) in [6.45, 7) is 2.30. The molecule has 0 aliphatic rings. The first-order valence-electron chi connectivity index (χ1n) is 2.90. The van der Waals surface area contributed by atoms with Gasteiger partial charge >= 0.3 is 6.08 Å². The van der Waals surface area contributed by atoms with E-state index in [0.29, 0.717) is 12.9 Å². The highest BCUT2D eigenvalue weighted by Crippen LogP contribution is 2.07. The predicted octanol–water partition coefficient (Wildman–Crippen LogP) is 0.886. The number of aromatic nitrogens is 1. The van der Waals surface area contributed by atoms with Crippen molar-refractivity contribution in [3.8, 4) is 6.08 Å². The van der Waals surface area contributed by atoms with E-state index in [0.717, 1.165) is 0 Å². The molecule has 54 valence electrons. The Hall–Kier alpha value is -1.32. The molecule has 1 heterocycles. The second kappa shape index (κ2) is 3.00. The lowest BCUT2D eigenvalue weighted by Gasteiger charge is -1.90. The van der Waals surface area contributed by atoms with Crippen molar-refractivity contribution in [2.24, 2.45) is 0 Å². The molecule has 0 unspecified atom stereocenters. The molecule has 4 heteroatoms. The largest absolute Gasteiger partial charge is 0.450 e. The average Bonchev–Trinajstić information content (AvgIpc) is 2.37. The number of oxazole rings is 1. The van der Waals surface area contributed by atoms with Gasteiger partial charge in [0, 0.05) is 0 Å². The maximum atomic E-state index is 10.0. The third kappa shape index (κ3) is 1.34. The molecule has 0 radical (unpaired) electrons. The zero-order valence-electron chi connectivity index (χ0n) is 5.53. The van der Waals surface area contributed by atoms with Gasteiger partial charge in [-0.15, -0.1) is 0 Å². The van der Waals surface area contributed by atoms with Crippen molar-refractivity contribution in [3.63, 3.8) is 0 Å². The van der Waals surface area contributed by atoms with Crippen LogP contribution in [0.5, 0.6) is 6.08 Å². The molecule has 0 amide bonds. The van der Waals surface area contributed by atoms with Gasteiger partial charge in [0.15, 0.2) is 6.29 Å². The van der Waals surface area contributed by atoms with Crippen LogP contribution in [0.3, 0.4) is 0 Å². The molecule has 0 aliphatic heterocycles. The SMILES string of the molecule is CCOc1nc(C=O)co1. The van der Waals surface area contributed by atoms with E-state index in [1.165, 1.54) is 6.26 Å². The van der Waals surface area contributed by atoms with Crippen LogP contribution in [-0.2, 0) is 0 Å². The molecule has 1 aromatic heterocycles. The molecule has 0 N–H and O–H groups in total. The van der Waals surface area contributed by atoms with Gasteiger partial charge in [0.1, 0.15) is 12.0 Å². The lowest BCUT2D eigenvalue weighted by atomic mass is 10.6. The first-order chi connectivity index (χ1) is 4.86. The minimum Gasteiger partial charge on any atom is -0.450 e. The van der Waals surface area contributed by atoms with Crippen LogP contribution >= 0.6 is 0 Å². The Labute approximate surface area is 57.8 Å². The predicted molar refractivity (Wildman–Crippen MR) is 33.1 cm³/mol. The molecular weight excluding hydrogens is 134 g/mol. The van der Waals surface area contributed by atoms with E-state index in [4.69, 9.17) is 9.15 Å². The monoisotopic (exact) mass is 141 g/mol. The van der Waals surface area contributed by atoms with Crippen molar-refractivity contribution < 1.29 is 13.9 Å². The number of aldehydes is 1. The number of nitrogens with zero attached hydrogens (tertiary/aromatic N) is 1. The van der Waals surface area contributed by atoms with Crippen LogP contribution in [-0.4, -0.2) is 17.9 Å². The second-order valence-electron chi connectivity index (χ2n) is 1.59. The summed E-state index contributed by atoms with van der Waals surface area (Å²) in [5, 5.41) is 0. The molecule has 0 aromatic carbocycles. The number of rotatable bonds is 3. The van der Waals surface area contributed by atoms with Gasteiger partial charge in [-0.1, -0.05) is 0 Å². The Morgan fingerprint density at radius 2 is 2.70 bits per heavy atom. The van der Waals surface area contributed by atoms with E-state index in [1.54, 1.807) is 0 Å². The van der Waals surface area contributed by atoms with Gasteiger partial charge in [0.25, 0.3) is 0 Å². The molecule has 0 spiro atoms. The maximum absolute atomic E-state index is 10.0. The normalized spacial score (nSPS) is 9.30. The molecule has 0 atom stereocenters. The Bertz CT molecular complexity index is 219. The molecule has 4 nitrogen and oxygen atoms in total. The van der Waals surface area contributed by atoms with Crippen molar-refractivity contribution in [3.05, 3.63) is 12.0 Å². The molecule has 1 rings (SSSR count). The zero-order valence-corrected chi connectivity index (χ0v) is 5.53. The lowest BCUT2D eigenvalue weighted by molar-refractivity contribution is 0.111. The molecule has 10 heavy (non-hydrogen) atoms. The fraction of sp³-hybridized carbons (Fsp3) is 0.333. The molecule has 0 bridgehead atoms. The first kappa shape index (κ1) is 6.80. The number of carbonyl (C=O) groups excluding carboxylic acids is 1. The Balaban J connectivity index is 2.68. The third-order valence-electron chi connectivity index (χ3n) is 0.889. The minimum atomic E-state index is 0.143. The van der Waals surface area contributed by atoms with Crippen molar-refractivity contribution >= 4 is 6.29 Å². The zero-order chi connectivity index (χ0) is 7.40. The lowest BCUT2D eigenvalue weighted by Crippen LogP contribution is -1.91. The van der Waals surface area contributed by atoms with Crippen LogP contribution in [0.4, 0.5) is 0 Å². The third-order valence-corrected chi connectivity index (χ3v) is 0.889. The highest BCUT2D eigenvalue weighted by molar-refractivity contribution is 5.70. The number of hydrogen-bond acceptors (Lipinski definition) is 4. The Morgan fingerprint density at radius 1 is 1.90 bits per heavy atom. The molecule has 0 fully saturated rings. The van der Waals surface area contributed by atoms with E-state index in [1.807, 2.05) is 6.92 Å². The van der Waals surface area contributed by atoms with E-state index >= 15 is 0 Å². The van der Waals surface area contributed by atoms with Crippen LogP contribution in [0.15, 0.2) is 10.7 Å². The highest BCUT2D eigenvalue weighted by atomic mass is 16.6. The number of ether oxygens (including phenoxy) is 1. The molecule has 0 aliphatic carbocycles. The van der Waals surface area contributed by atoms with E-state index < -0.39 is 0 Å². The van der Waals surface area contributed by atoms with E-state index in [2.05, 4.69) is 4.98 Å². The van der Waals surface area contributed by atoms with Crippen molar-refractivity contribution in [2.45, 2.75) is 6.92 Å². The van der Waals surface area contributed by atoms with Gasteiger partial charge < -0.3 is 9.15 Å². The summed E-state index contributed by atoms with van der Waals surface area (Å²) < 4.78 is 9.58. The summed E-state index contributed by atoms with van der Waals surface area (Å²) >= 11 is 0. The second-order valence-corrected chi connectivity index (χ2v) is 1.59. The molecule has 0 saturated carbocycles. The van der Waals surface area contributed by atoms with Crippen LogP contribution in [0, 0.1) is 0 Å². The maximum Gasteiger partial charge on any atom is 0.394 e. The summed E-state index contributed by atoms with van der Waals surface area (Å²) in [5.74, 6) is 0. The van der Waals surface area contributed by atoms with Gasteiger partial charge in [-0.3, -0.25) is 4.79 Å². The first-order valence-corrected chi connectivity index (χ1v) is 2.90. The van der Waals surface area contributed by atoms with Gasteiger partial charge in [-0.2, -0.15) is 4.98 Å². The van der Waals surface area contributed by atoms with Crippen molar-refractivity contribution in [2.75, 3.05) is 6.61 Å². The van der Waals surface area contributed by atoms with Crippen LogP contribution < -0.4 is 4.74 Å². The molecule has 0 saturated heterocycles. The van der Waals surface area contributed by atoms with Crippen LogP contribution in [0.2, 0.25) is 0 Å². The van der Waals surface area contributed by atoms with Gasteiger partial charge in [0.2, 0.25) is 0 Å². The fourth-order valence-corrected chi connectivity index (χ4v) is 0.513. The van der Waals surface area contributed by atoms with Crippen molar-refractivity contribution in [1.29, 1.82) is 0 Å². The minimum absolute atomic E-state index is 0.143. The number of hydrogen-bond donors (Lipinski definition) is 0. The smallest absolute Gasteiger partial charge is 0.394 e. The fourth-order valence-electron chi connectivity index (χ4n) is 0.513. The summed E-state index contributed by atoms with van der Waals surface area (Å²) in [6, 6.07) is 0. The average molecular weight is 141 g/mol. The van der Waals surface area contributed by atoms with Gasteiger partial charge in [-0.05, 0) is 6.92 Å². The quantitative estimate of drug-likeness (QED) is 0.586. The summed E-state index contributed by atoms with van der Waals surface area (Å²) in [6.07, 6.45) is 1.99. The van der Waals surface area contributed by atoms with E-state index in [-0.39, 0.29) is 11.8 Å². The highest BCUT2D eigenvalue weighted by Gasteiger charge is 2.00. The topological polar surface area (TPSA) is 52.3 Å². The summed E-state index contributed by atoms with van der Waals surface area (Å²) in [4.78, 5) is 13.7. The van der Waals surface area contributed by atoms with E-state index in [9.17, 15) is 4.79 Å². The Kier molecular flexibility index (Phi) is 2.04. The van der Waals surface area contributed by atoms with Crippen LogP contribution in [0.1, 0.15) is 17.4 Å². The van der Waals surface area contributed by atoms with Crippen LogP contribution in [0.25, 0.3) is 0 Å². The summed E-state index contributed by atoms with van der Waals surface area (Å²) in [7, 11) is 0. The van der Waals surface area contributed by atoms with Gasteiger partial charge in [-0.25, -0.2) is 0 Å². The number of carbonyl (C=O) groups is 1. The Morgan fingerprint density at radius 3 is 3.20 bits per heavy atom. The molecular formula is C6H7NO3.